The van der Waals surface area contributed by atoms with E-state index >= 15 is 0 Å². The van der Waals surface area contributed by atoms with Gasteiger partial charge in [-0.1, -0.05) is 41.9 Å². The van der Waals surface area contributed by atoms with Crippen LogP contribution >= 0.6 is 19.3 Å². The first-order valence-electron chi connectivity index (χ1n) is 14.9. The summed E-state index contributed by atoms with van der Waals surface area (Å²) in [5, 5.41) is 26.6. The van der Waals surface area contributed by atoms with E-state index in [1.54, 1.807) is 24.3 Å². The third-order valence-corrected chi connectivity index (χ3v) is 9.93. The number of fused-ring (bicyclic) bond motifs is 1. The van der Waals surface area contributed by atoms with Crippen molar-refractivity contribution in [3.8, 4) is 5.75 Å². The fourth-order valence-electron chi connectivity index (χ4n) is 5.03. The number of anilines is 2. The molecule has 5 rings (SSSR count). The summed E-state index contributed by atoms with van der Waals surface area (Å²) >= 11 is 5.98. The van der Waals surface area contributed by atoms with Crippen molar-refractivity contribution in [3.63, 3.8) is 0 Å². The van der Waals surface area contributed by atoms with Gasteiger partial charge < -0.3 is 29.9 Å². The van der Waals surface area contributed by atoms with Gasteiger partial charge in [0, 0.05) is 12.1 Å². The summed E-state index contributed by atoms with van der Waals surface area (Å²) in [6.07, 6.45) is -2.11. The highest BCUT2D eigenvalue weighted by Gasteiger charge is 2.54. The number of nitrogens with one attached hydrogen (secondary N) is 2. The number of sulfonamides is 1. The molecule has 270 valence electrons. The van der Waals surface area contributed by atoms with Crippen LogP contribution in [-0.2, 0) is 40.0 Å². The Morgan fingerprint density at radius 3 is 2.56 bits per heavy atom. The number of benzene rings is 2. The van der Waals surface area contributed by atoms with Gasteiger partial charge in [0.25, 0.3) is 0 Å². The number of hydrogen-bond donors (Lipinski definition) is 5. The lowest BCUT2D eigenvalue weighted by atomic mass is 9.96. The van der Waals surface area contributed by atoms with E-state index in [1.807, 2.05) is 6.07 Å². The number of imidazole rings is 1. The molecular formula is C29H36ClN8O10PS. The first-order valence-corrected chi connectivity index (χ1v) is 18.7. The Labute approximate surface area is 292 Å². The van der Waals surface area contributed by atoms with E-state index in [-0.39, 0.29) is 35.3 Å². The maximum absolute atomic E-state index is 14.1. The van der Waals surface area contributed by atoms with E-state index in [0.717, 1.165) is 16.8 Å². The number of aliphatic hydroxyl groups is 2. The predicted octanol–water partition coefficient (Wildman–Crippen LogP) is 1.90. The topological polar surface area (TPSA) is 243 Å². The fraction of sp³-hybridized carbons (Fsp3) is 0.379. The molecule has 50 heavy (non-hydrogen) atoms. The quantitative estimate of drug-likeness (QED) is 0.0701. The highest BCUT2D eigenvalue weighted by atomic mass is 35.5. The first kappa shape index (κ1) is 37.3. The number of rotatable bonds is 14. The average Bonchev–Trinajstić information content (AvgIpc) is 3.56. The van der Waals surface area contributed by atoms with Gasteiger partial charge in [-0.3, -0.25) is 18.9 Å². The van der Waals surface area contributed by atoms with Gasteiger partial charge >= 0.3 is 13.7 Å². The van der Waals surface area contributed by atoms with Crippen LogP contribution in [0.4, 0.5) is 11.8 Å². The molecule has 18 nitrogen and oxygen atoms in total. The Morgan fingerprint density at radius 2 is 1.90 bits per heavy atom. The summed E-state index contributed by atoms with van der Waals surface area (Å²) in [6, 6.07) is 13.7. The maximum Gasteiger partial charge on any atom is 0.459 e. The summed E-state index contributed by atoms with van der Waals surface area (Å²) < 4.78 is 61.8. The maximum atomic E-state index is 14.1. The van der Waals surface area contributed by atoms with Crippen LogP contribution in [0.15, 0.2) is 60.9 Å². The van der Waals surface area contributed by atoms with Crippen LogP contribution in [0.3, 0.4) is 0 Å². The van der Waals surface area contributed by atoms with Crippen LogP contribution in [0.25, 0.3) is 11.2 Å². The van der Waals surface area contributed by atoms with Gasteiger partial charge in [-0.05, 0) is 43.7 Å². The molecule has 1 aliphatic heterocycles. The molecule has 1 aliphatic rings. The number of halogens is 1. The molecule has 0 spiro atoms. The van der Waals surface area contributed by atoms with Crippen LogP contribution < -0.4 is 25.2 Å². The molecule has 0 bridgehead atoms. The van der Waals surface area contributed by atoms with Crippen molar-refractivity contribution >= 4 is 58.3 Å². The van der Waals surface area contributed by atoms with Crippen LogP contribution in [0.1, 0.15) is 25.6 Å². The number of nitrogen functional groups attached to an aromatic ring is 1. The van der Waals surface area contributed by atoms with Crippen LogP contribution in [-0.4, -0.2) is 87.9 Å². The van der Waals surface area contributed by atoms with Gasteiger partial charge in [-0.2, -0.15) is 15.1 Å². The number of esters is 1. The minimum absolute atomic E-state index is 0.00229. The first-order chi connectivity index (χ1) is 23.5. The van der Waals surface area contributed by atoms with Gasteiger partial charge in [0.2, 0.25) is 16.0 Å². The molecule has 6 atom stereocenters. The van der Waals surface area contributed by atoms with Crippen molar-refractivity contribution in [2.45, 2.75) is 50.5 Å². The number of carbonyl (C=O) groups is 1. The molecule has 3 heterocycles. The normalized spacial score (nSPS) is 22.6. The molecule has 1 saturated heterocycles. The second-order valence-corrected chi connectivity index (χ2v) is 15.5. The predicted molar refractivity (Wildman–Crippen MR) is 181 cm³/mol. The summed E-state index contributed by atoms with van der Waals surface area (Å²) in [5.74, 6) is -0.918. The van der Waals surface area contributed by atoms with Gasteiger partial charge in [-0.25, -0.2) is 18.0 Å². The van der Waals surface area contributed by atoms with Crippen molar-refractivity contribution in [2.24, 2.45) is 0 Å². The third-order valence-electron chi connectivity index (χ3n) is 7.43. The minimum atomic E-state index is -4.43. The van der Waals surface area contributed by atoms with Crippen molar-refractivity contribution in [2.75, 3.05) is 30.7 Å². The van der Waals surface area contributed by atoms with Gasteiger partial charge in [0.1, 0.15) is 36.2 Å². The lowest BCUT2D eigenvalue weighted by Crippen LogP contribution is -2.44. The number of aliphatic hydroxyl groups excluding tert-OH is 1. The lowest BCUT2D eigenvalue weighted by Gasteiger charge is -2.27. The van der Waals surface area contributed by atoms with Gasteiger partial charge in [0.15, 0.2) is 23.2 Å². The molecule has 0 saturated carbocycles. The Hall–Kier alpha value is -3.91. The molecule has 0 radical (unpaired) electrons. The lowest BCUT2D eigenvalue weighted by molar-refractivity contribution is -0.146. The van der Waals surface area contributed by atoms with Crippen molar-refractivity contribution in [3.05, 3.63) is 71.5 Å². The molecule has 2 aromatic carbocycles. The van der Waals surface area contributed by atoms with E-state index in [0.29, 0.717) is 5.02 Å². The molecule has 1 fully saturated rings. The molecule has 6 N–H and O–H groups in total. The van der Waals surface area contributed by atoms with Crippen LogP contribution in [0.2, 0.25) is 5.02 Å². The largest absolute Gasteiger partial charge is 0.460 e. The number of nitrogens with zero attached hydrogens (tertiary/aromatic N) is 5. The van der Waals surface area contributed by atoms with Crippen molar-refractivity contribution in [1.29, 1.82) is 0 Å². The van der Waals surface area contributed by atoms with E-state index in [9.17, 15) is 28.0 Å². The number of nitrogens with two attached hydrogens (primary N) is 1. The molecule has 0 aliphatic carbocycles. The Kier molecular flexibility index (Phi) is 11.0. The zero-order chi connectivity index (χ0) is 36.4. The molecule has 4 aromatic rings. The summed E-state index contributed by atoms with van der Waals surface area (Å²) in [7, 11) is -6.75. The van der Waals surface area contributed by atoms with Crippen molar-refractivity contribution in [1.82, 2.24) is 29.4 Å². The highest BCUT2D eigenvalue weighted by Crippen LogP contribution is 2.47. The van der Waals surface area contributed by atoms with Gasteiger partial charge in [0.05, 0.1) is 19.2 Å². The number of ether oxygens (including phenoxy) is 2. The zero-order valence-electron chi connectivity index (χ0n) is 27.2. The zero-order valence-corrected chi connectivity index (χ0v) is 29.7. The third kappa shape index (κ3) is 8.68. The fourth-order valence-corrected chi connectivity index (χ4v) is 7.24. The summed E-state index contributed by atoms with van der Waals surface area (Å²) in [5.41, 5.74) is 4.77. The average molecular weight is 755 g/mol. The number of hydrogen-bond acceptors (Lipinski definition) is 15. The SMILES string of the molecule is C[C@H](NP(=O)(OC[C@H]1O[C@@H](n2cnc3c(N(C)NS(C)(=O)=O)nc(N)nc32)[C@](C)(O)[C@@H]1O)Oc1ccc(Cl)cc1)C(=O)OCc1ccccc1. The number of hydrazine groups is 1. The highest BCUT2D eigenvalue weighted by molar-refractivity contribution is 7.88. The molecule has 21 heteroatoms. The number of aromatic nitrogens is 4. The smallest absolute Gasteiger partial charge is 0.459 e. The summed E-state index contributed by atoms with van der Waals surface area (Å²) in [4.78, 5) is 27.6. The standard InChI is InChI=1S/C29H36ClN8O10PS/c1-17(26(40)45-14-18-8-6-5-7-9-18)35-49(42,48-20-12-10-19(30)11-13-20)46-15-21-23(39)29(2,41)27(47-21)38-16-32-22-24(33-28(31)34-25(22)38)37(3)36-50(4,43)44/h5-13,16-17,21,23,27,36,39,41H,14-15H2,1-4H3,(H,35,42)(H2,31,33,34)/t17-,21+,23+,27+,29+,49?/m0/s1. The second-order valence-electron chi connectivity index (χ2n) is 11.6. The van der Waals surface area contributed by atoms with E-state index in [1.165, 1.54) is 56.1 Å². The molecule has 0 amide bonds. The Bertz CT molecular complexity index is 1990. The molecule has 2 aromatic heterocycles. The Morgan fingerprint density at radius 1 is 1.22 bits per heavy atom. The second kappa shape index (κ2) is 14.7. The monoisotopic (exact) mass is 754 g/mol. The van der Waals surface area contributed by atoms with Crippen LogP contribution in [0.5, 0.6) is 5.75 Å². The van der Waals surface area contributed by atoms with E-state index in [4.69, 9.17) is 35.9 Å². The van der Waals surface area contributed by atoms with E-state index in [2.05, 4.69) is 24.9 Å². The Balaban J connectivity index is 1.35. The van der Waals surface area contributed by atoms with Gasteiger partial charge in [-0.15, -0.1) is 4.83 Å². The minimum Gasteiger partial charge on any atom is -0.460 e. The van der Waals surface area contributed by atoms with Crippen LogP contribution in [0, 0.1) is 0 Å². The van der Waals surface area contributed by atoms with Crippen molar-refractivity contribution < 1.29 is 46.5 Å². The number of carbonyl (C=O) groups excluding carboxylic acids is 1. The van der Waals surface area contributed by atoms with E-state index < -0.39 is 60.4 Å². The summed E-state index contributed by atoms with van der Waals surface area (Å²) in [6.45, 7) is 2.07. The molecular weight excluding hydrogens is 719 g/mol. The molecule has 1 unspecified atom stereocenters.